The molecule has 2 amide bonds. The molecule has 7 nitrogen and oxygen atoms in total. The largest absolute Gasteiger partial charge is 0.354 e. The number of amides is 2. The van der Waals surface area contributed by atoms with Crippen molar-refractivity contribution in [3.8, 4) is 0 Å². The molecule has 0 aliphatic heterocycles. The molecule has 10 heteroatoms. The van der Waals surface area contributed by atoms with Gasteiger partial charge in [-0.1, -0.05) is 73.5 Å². The van der Waals surface area contributed by atoms with Crippen molar-refractivity contribution in [3.05, 3.63) is 101 Å². The van der Waals surface area contributed by atoms with E-state index in [9.17, 15) is 26.8 Å². The molecule has 40 heavy (non-hydrogen) atoms. The second-order valence-electron chi connectivity index (χ2n) is 9.73. The third kappa shape index (κ3) is 8.61. The van der Waals surface area contributed by atoms with Gasteiger partial charge >= 0.3 is 0 Å². The summed E-state index contributed by atoms with van der Waals surface area (Å²) in [5.41, 5.74) is 2.39. The molecule has 3 aromatic carbocycles. The predicted molar refractivity (Wildman–Crippen MR) is 152 cm³/mol. The second kappa shape index (κ2) is 14.0. The van der Waals surface area contributed by atoms with Gasteiger partial charge in [-0.2, -0.15) is 0 Å². The number of unbranched alkanes of at least 4 members (excludes halogenated alkanes) is 1. The highest BCUT2D eigenvalue weighted by atomic mass is 32.2. The number of sulfonamides is 1. The smallest absolute Gasteiger partial charge is 0.244 e. The van der Waals surface area contributed by atoms with E-state index in [4.69, 9.17) is 0 Å². The fraction of sp³-hybridized carbons (Fsp3) is 0.333. The highest BCUT2D eigenvalue weighted by Crippen LogP contribution is 2.22. The summed E-state index contributed by atoms with van der Waals surface area (Å²) in [6.45, 7) is 3.69. The number of benzene rings is 3. The number of anilines is 1. The molecule has 214 valence electrons. The number of nitrogens with one attached hydrogen (secondary N) is 1. The van der Waals surface area contributed by atoms with E-state index in [2.05, 4.69) is 5.32 Å². The van der Waals surface area contributed by atoms with Crippen LogP contribution in [0, 0.1) is 18.6 Å². The Morgan fingerprint density at radius 2 is 1.60 bits per heavy atom. The first-order chi connectivity index (χ1) is 19.0. The quantitative estimate of drug-likeness (QED) is 0.304. The molecule has 0 bridgehead atoms. The predicted octanol–water partition coefficient (Wildman–Crippen LogP) is 4.60. The SMILES string of the molecule is CCCCNC(=O)C(Cc1ccccc1)N(Cc1ccc(C)cc1)C(=O)CN(c1ccc(F)c(F)c1)S(C)(=O)=O. The molecule has 0 saturated carbocycles. The number of carbonyl (C=O) groups excluding carboxylic acids is 2. The fourth-order valence-corrected chi connectivity index (χ4v) is 5.05. The molecule has 0 aliphatic rings. The molecule has 0 saturated heterocycles. The standard InChI is InChI=1S/C30H35F2N3O4S/c1-4-5-17-33-30(37)28(18-23-9-7-6-8-10-23)34(20-24-13-11-22(2)12-14-24)29(36)21-35(40(3,38)39)25-15-16-26(31)27(32)19-25/h6-16,19,28H,4-5,17-18,20-21H2,1-3H3,(H,33,37). The van der Waals surface area contributed by atoms with E-state index in [0.29, 0.717) is 10.8 Å². The van der Waals surface area contributed by atoms with E-state index in [-0.39, 0.29) is 24.6 Å². The van der Waals surface area contributed by atoms with E-state index in [1.54, 1.807) is 0 Å². The molecule has 0 aliphatic carbocycles. The number of hydrogen-bond donors (Lipinski definition) is 1. The first-order valence-corrected chi connectivity index (χ1v) is 14.9. The zero-order valence-corrected chi connectivity index (χ0v) is 23.8. The van der Waals surface area contributed by atoms with Crippen LogP contribution in [0.25, 0.3) is 0 Å². The average molecular weight is 572 g/mol. The van der Waals surface area contributed by atoms with Gasteiger partial charge in [0.25, 0.3) is 0 Å². The van der Waals surface area contributed by atoms with Gasteiger partial charge in [0.1, 0.15) is 12.6 Å². The van der Waals surface area contributed by atoms with Crippen molar-refractivity contribution in [3.63, 3.8) is 0 Å². The molecule has 0 fully saturated rings. The summed E-state index contributed by atoms with van der Waals surface area (Å²) in [6, 6.07) is 18.3. The van der Waals surface area contributed by atoms with Crippen molar-refractivity contribution in [2.24, 2.45) is 0 Å². The molecular weight excluding hydrogens is 536 g/mol. The van der Waals surface area contributed by atoms with Crippen molar-refractivity contribution in [2.75, 3.05) is 23.7 Å². The Morgan fingerprint density at radius 1 is 0.925 bits per heavy atom. The zero-order chi connectivity index (χ0) is 29.3. The van der Waals surface area contributed by atoms with Crippen LogP contribution in [-0.4, -0.2) is 50.5 Å². The Bertz CT molecular complexity index is 1400. The lowest BCUT2D eigenvalue weighted by Crippen LogP contribution is -2.53. The number of carbonyl (C=O) groups is 2. The molecule has 3 aromatic rings. The second-order valence-corrected chi connectivity index (χ2v) is 11.6. The number of rotatable bonds is 13. The Kier molecular flexibility index (Phi) is 10.8. The van der Waals surface area contributed by atoms with Gasteiger partial charge in [-0.15, -0.1) is 0 Å². The normalized spacial score (nSPS) is 12.0. The summed E-state index contributed by atoms with van der Waals surface area (Å²) < 4.78 is 53.7. The van der Waals surface area contributed by atoms with Gasteiger partial charge in [0.2, 0.25) is 21.8 Å². The van der Waals surface area contributed by atoms with E-state index in [0.717, 1.165) is 54.0 Å². The Labute approximate surface area is 234 Å². The molecular formula is C30H35F2N3O4S. The molecule has 3 rings (SSSR count). The number of hydrogen-bond acceptors (Lipinski definition) is 4. The zero-order valence-electron chi connectivity index (χ0n) is 22.9. The maximum absolute atomic E-state index is 14.0. The van der Waals surface area contributed by atoms with E-state index in [1.807, 2.05) is 68.4 Å². The molecule has 1 N–H and O–H groups in total. The average Bonchev–Trinajstić information content (AvgIpc) is 2.92. The van der Waals surface area contributed by atoms with Crippen LogP contribution in [0.1, 0.15) is 36.5 Å². The van der Waals surface area contributed by atoms with Crippen molar-refractivity contribution in [2.45, 2.75) is 45.7 Å². The topological polar surface area (TPSA) is 86.8 Å². The lowest BCUT2D eigenvalue weighted by molar-refractivity contribution is -0.140. The molecule has 0 spiro atoms. The highest BCUT2D eigenvalue weighted by molar-refractivity contribution is 7.92. The minimum Gasteiger partial charge on any atom is -0.354 e. The van der Waals surface area contributed by atoms with Crippen molar-refractivity contribution in [1.82, 2.24) is 10.2 Å². The van der Waals surface area contributed by atoms with E-state index < -0.39 is 40.2 Å². The minimum atomic E-state index is -4.08. The lowest BCUT2D eigenvalue weighted by Gasteiger charge is -2.33. The molecule has 0 radical (unpaired) electrons. The van der Waals surface area contributed by atoms with Crippen molar-refractivity contribution in [1.29, 1.82) is 0 Å². The lowest BCUT2D eigenvalue weighted by atomic mass is 10.0. The van der Waals surface area contributed by atoms with Gasteiger partial charge in [0, 0.05) is 25.6 Å². The Morgan fingerprint density at radius 3 is 2.20 bits per heavy atom. The number of nitrogens with zero attached hydrogens (tertiary/aromatic N) is 2. The maximum Gasteiger partial charge on any atom is 0.244 e. The monoisotopic (exact) mass is 571 g/mol. The van der Waals surface area contributed by atoms with Crippen LogP contribution in [0.4, 0.5) is 14.5 Å². The summed E-state index contributed by atoms with van der Waals surface area (Å²) in [6.07, 6.45) is 2.70. The van der Waals surface area contributed by atoms with Gasteiger partial charge in [-0.3, -0.25) is 13.9 Å². The molecule has 1 atom stereocenters. The minimum absolute atomic E-state index is 0.0349. The summed E-state index contributed by atoms with van der Waals surface area (Å²) in [5, 5.41) is 2.91. The van der Waals surface area contributed by atoms with Crippen LogP contribution in [0.2, 0.25) is 0 Å². The third-order valence-corrected chi connectivity index (χ3v) is 7.59. The fourth-order valence-electron chi connectivity index (χ4n) is 4.20. The summed E-state index contributed by atoms with van der Waals surface area (Å²) in [5.74, 6) is -3.41. The van der Waals surface area contributed by atoms with Gasteiger partial charge in [-0.05, 0) is 36.6 Å². The Balaban J connectivity index is 2.03. The van der Waals surface area contributed by atoms with Crippen molar-refractivity contribution < 1.29 is 26.8 Å². The van der Waals surface area contributed by atoms with Crippen molar-refractivity contribution >= 4 is 27.5 Å². The van der Waals surface area contributed by atoms with Crippen LogP contribution >= 0.6 is 0 Å². The van der Waals surface area contributed by atoms with Crippen LogP contribution in [-0.2, 0) is 32.6 Å². The van der Waals surface area contributed by atoms with Crippen LogP contribution in [0.3, 0.4) is 0 Å². The summed E-state index contributed by atoms with van der Waals surface area (Å²) >= 11 is 0. The van der Waals surface area contributed by atoms with Gasteiger partial charge in [-0.25, -0.2) is 17.2 Å². The molecule has 0 aromatic heterocycles. The van der Waals surface area contributed by atoms with Crippen LogP contribution in [0.5, 0.6) is 0 Å². The van der Waals surface area contributed by atoms with E-state index in [1.165, 1.54) is 4.90 Å². The number of aryl methyl sites for hydroxylation is 1. The van der Waals surface area contributed by atoms with Gasteiger partial charge < -0.3 is 10.2 Å². The first kappa shape index (κ1) is 30.7. The third-order valence-electron chi connectivity index (χ3n) is 6.44. The summed E-state index contributed by atoms with van der Waals surface area (Å²) in [7, 11) is -4.08. The number of halogens is 2. The molecule has 0 heterocycles. The van der Waals surface area contributed by atoms with Crippen LogP contribution in [0.15, 0.2) is 72.8 Å². The van der Waals surface area contributed by atoms with E-state index >= 15 is 0 Å². The highest BCUT2D eigenvalue weighted by Gasteiger charge is 2.33. The van der Waals surface area contributed by atoms with Gasteiger partial charge in [0.05, 0.1) is 11.9 Å². The molecule has 1 unspecified atom stereocenters. The summed E-state index contributed by atoms with van der Waals surface area (Å²) in [4.78, 5) is 28.8. The first-order valence-electron chi connectivity index (χ1n) is 13.1. The van der Waals surface area contributed by atoms with Gasteiger partial charge in [0.15, 0.2) is 11.6 Å². The Hall–Kier alpha value is -3.79. The maximum atomic E-state index is 14.0. The van der Waals surface area contributed by atoms with Crippen LogP contribution < -0.4 is 9.62 Å².